The van der Waals surface area contributed by atoms with Crippen molar-refractivity contribution in [2.24, 2.45) is 5.41 Å². The first-order chi connectivity index (χ1) is 11.4. The van der Waals surface area contributed by atoms with Gasteiger partial charge in [-0.05, 0) is 40.9 Å². The Hall–Kier alpha value is -1.89. The molecule has 0 bridgehead atoms. The van der Waals surface area contributed by atoms with Crippen LogP contribution in [0, 0.1) is 5.41 Å². The standard InChI is InChI=1S/C17H20BrN3O3/c1-12(22)20-8-10-21(11-9-20)16(24)17(6-7-17)15(23)19-14-5-3-2-4-13(14)18/h2-5H,6-11H2,1H3,(H,19,23). The smallest absolute Gasteiger partial charge is 0.240 e. The zero-order valence-electron chi connectivity index (χ0n) is 13.5. The Morgan fingerprint density at radius 2 is 1.62 bits per heavy atom. The van der Waals surface area contributed by atoms with E-state index in [1.54, 1.807) is 15.9 Å². The van der Waals surface area contributed by atoms with Gasteiger partial charge in [-0.2, -0.15) is 0 Å². The molecular weight excluding hydrogens is 374 g/mol. The quantitative estimate of drug-likeness (QED) is 0.796. The van der Waals surface area contributed by atoms with Crippen LogP contribution in [0.2, 0.25) is 0 Å². The molecule has 0 unspecified atom stereocenters. The van der Waals surface area contributed by atoms with Crippen molar-refractivity contribution in [3.05, 3.63) is 28.7 Å². The molecule has 1 aromatic rings. The van der Waals surface area contributed by atoms with Crippen LogP contribution in [0.5, 0.6) is 0 Å². The highest BCUT2D eigenvalue weighted by Gasteiger charge is 2.58. The van der Waals surface area contributed by atoms with E-state index in [9.17, 15) is 14.4 Å². The highest BCUT2D eigenvalue weighted by atomic mass is 79.9. The molecule has 1 aliphatic heterocycles. The molecule has 2 aliphatic rings. The van der Waals surface area contributed by atoms with Gasteiger partial charge >= 0.3 is 0 Å². The maximum Gasteiger partial charge on any atom is 0.240 e. The Balaban J connectivity index is 1.65. The monoisotopic (exact) mass is 393 g/mol. The molecule has 1 heterocycles. The number of hydrogen-bond acceptors (Lipinski definition) is 3. The van der Waals surface area contributed by atoms with E-state index in [-0.39, 0.29) is 17.7 Å². The van der Waals surface area contributed by atoms with Crippen molar-refractivity contribution in [1.29, 1.82) is 0 Å². The number of carbonyl (C=O) groups excluding carboxylic acids is 3. The van der Waals surface area contributed by atoms with Crippen molar-refractivity contribution in [2.45, 2.75) is 19.8 Å². The van der Waals surface area contributed by atoms with Gasteiger partial charge in [0.05, 0.1) is 5.69 Å². The molecule has 7 heteroatoms. The number of halogens is 1. The van der Waals surface area contributed by atoms with Gasteiger partial charge in [0, 0.05) is 37.6 Å². The van der Waals surface area contributed by atoms with Crippen molar-refractivity contribution in [2.75, 3.05) is 31.5 Å². The minimum atomic E-state index is -0.937. The van der Waals surface area contributed by atoms with Crippen LogP contribution in [0.4, 0.5) is 5.69 Å². The molecule has 2 fully saturated rings. The minimum absolute atomic E-state index is 0.0231. The van der Waals surface area contributed by atoms with E-state index in [4.69, 9.17) is 0 Å². The van der Waals surface area contributed by atoms with Gasteiger partial charge in [0.2, 0.25) is 17.7 Å². The average Bonchev–Trinajstić information content (AvgIpc) is 3.38. The zero-order valence-corrected chi connectivity index (χ0v) is 15.1. The molecular formula is C17H20BrN3O3. The van der Waals surface area contributed by atoms with Crippen LogP contribution < -0.4 is 5.32 Å². The van der Waals surface area contributed by atoms with Gasteiger partial charge in [-0.25, -0.2) is 0 Å². The van der Waals surface area contributed by atoms with Crippen LogP contribution in [0.3, 0.4) is 0 Å². The number of benzene rings is 1. The summed E-state index contributed by atoms with van der Waals surface area (Å²) in [5, 5.41) is 2.86. The SMILES string of the molecule is CC(=O)N1CCN(C(=O)C2(C(=O)Nc3ccccc3Br)CC2)CC1. The van der Waals surface area contributed by atoms with Crippen LogP contribution in [0.25, 0.3) is 0 Å². The van der Waals surface area contributed by atoms with Crippen LogP contribution in [-0.4, -0.2) is 53.7 Å². The number of carbonyl (C=O) groups is 3. The van der Waals surface area contributed by atoms with E-state index in [0.717, 1.165) is 4.47 Å². The summed E-state index contributed by atoms with van der Waals surface area (Å²) < 4.78 is 0.789. The molecule has 1 aliphatic carbocycles. The summed E-state index contributed by atoms with van der Waals surface area (Å²) in [6, 6.07) is 7.35. The summed E-state index contributed by atoms with van der Waals surface area (Å²) in [7, 11) is 0. The van der Waals surface area contributed by atoms with Crippen molar-refractivity contribution in [3.8, 4) is 0 Å². The Bertz CT molecular complexity index is 679. The fraction of sp³-hybridized carbons (Fsp3) is 0.471. The third kappa shape index (κ3) is 3.17. The Morgan fingerprint density at radius 3 is 2.17 bits per heavy atom. The van der Waals surface area contributed by atoms with Crippen molar-refractivity contribution in [1.82, 2.24) is 9.80 Å². The molecule has 1 N–H and O–H groups in total. The fourth-order valence-corrected chi connectivity index (χ4v) is 3.38. The van der Waals surface area contributed by atoms with E-state index in [1.807, 2.05) is 18.2 Å². The normalized spacial score (nSPS) is 18.9. The minimum Gasteiger partial charge on any atom is -0.339 e. The Labute approximate surface area is 149 Å². The molecule has 128 valence electrons. The molecule has 0 spiro atoms. The van der Waals surface area contributed by atoms with E-state index in [2.05, 4.69) is 21.2 Å². The number of nitrogens with one attached hydrogen (secondary N) is 1. The van der Waals surface area contributed by atoms with Gasteiger partial charge in [-0.3, -0.25) is 14.4 Å². The zero-order chi connectivity index (χ0) is 17.3. The molecule has 3 rings (SSSR count). The predicted octanol–water partition coefficient (Wildman–Crippen LogP) is 1.86. The van der Waals surface area contributed by atoms with Crippen LogP contribution in [-0.2, 0) is 14.4 Å². The number of rotatable bonds is 3. The van der Waals surface area contributed by atoms with Crippen LogP contribution >= 0.6 is 15.9 Å². The van der Waals surface area contributed by atoms with Gasteiger partial charge in [0.15, 0.2) is 0 Å². The van der Waals surface area contributed by atoms with Gasteiger partial charge < -0.3 is 15.1 Å². The van der Waals surface area contributed by atoms with E-state index in [0.29, 0.717) is 44.7 Å². The topological polar surface area (TPSA) is 69.7 Å². The van der Waals surface area contributed by atoms with Gasteiger partial charge in [-0.1, -0.05) is 12.1 Å². The number of hydrogen-bond donors (Lipinski definition) is 1. The Morgan fingerprint density at radius 1 is 1.04 bits per heavy atom. The van der Waals surface area contributed by atoms with Gasteiger partial charge in [0.25, 0.3) is 0 Å². The lowest BCUT2D eigenvalue weighted by Crippen LogP contribution is -2.53. The summed E-state index contributed by atoms with van der Waals surface area (Å²) in [4.78, 5) is 40.3. The highest BCUT2D eigenvalue weighted by molar-refractivity contribution is 9.10. The number of anilines is 1. The molecule has 1 saturated heterocycles. The third-order valence-electron chi connectivity index (χ3n) is 4.73. The fourth-order valence-electron chi connectivity index (χ4n) is 2.99. The first-order valence-corrected chi connectivity index (χ1v) is 8.84. The first kappa shape index (κ1) is 17.0. The second-order valence-corrected chi connectivity index (χ2v) is 7.17. The second kappa shape index (κ2) is 6.55. The number of nitrogens with zero attached hydrogens (tertiary/aromatic N) is 2. The number of piperazine rings is 1. The second-order valence-electron chi connectivity index (χ2n) is 6.31. The van der Waals surface area contributed by atoms with Crippen LogP contribution in [0.15, 0.2) is 28.7 Å². The molecule has 1 saturated carbocycles. The highest BCUT2D eigenvalue weighted by Crippen LogP contribution is 2.48. The van der Waals surface area contributed by atoms with Crippen molar-refractivity contribution >= 4 is 39.3 Å². The molecule has 0 radical (unpaired) electrons. The summed E-state index contributed by atoms with van der Waals surface area (Å²) >= 11 is 3.40. The molecule has 24 heavy (non-hydrogen) atoms. The molecule has 3 amide bonds. The average molecular weight is 394 g/mol. The predicted molar refractivity (Wildman–Crippen MR) is 93.3 cm³/mol. The molecule has 0 atom stereocenters. The lowest BCUT2D eigenvalue weighted by Gasteiger charge is -2.35. The number of para-hydroxylation sites is 1. The molecule has 1 aromatic carbocycles. The van der Waals surface area contributed by atoms with Crippen molar-refractivity contribution in [3.63, 3.8) is 0 Å². The first-order valence-electron chi connectivity index (χ1n) is 8.05. The maximum atomic E-state index is 12.8. The summed E-state index contributed by atoms with van der Waals surface area (Å²) in [6.07, 6.45) is 1.16. The number of amides is 3. The lowest BCUT2D eigenvalue weighted by molar-refractivity contribution is -0.146. The summed E-state index contributed by atoms with van der Waals surface area (Å²) in [5.74, 6) is -0.335. The summed E-state index contributed by atoms with van der Waals surface area (Å²) in [6.45, 7) is 3.57. The summed E-state index contributed by atoms with van der Waals surface area (Å²) in [5.41, 5.74) is -0.267. The van der Waals surface area contributed by atoms with Crippen molar-refractivity contribution < 1.29 is 14.4 Å². The van der Waals surface area contributed by atoms with Gasteiger partial charge in [-0.15, -0.1) is 0 Å². The van der Waals surface area contributed by atoms with E-state index < -0.39 is 5.41 Å². The largest absolute Gasteiger partial charge is 0.339 e. The Kier molecular flexibility index (Phi) is 4.62. The third-order valence-corrected chi connectivity index (χ3v) is 5.42. The maximum absolute atomic E-state index is 12.8. The molecule has 6 nitrogen and oxygen atoms in total. The molecule has 0 aromatic heterocycles. The van der Waals surface area contributed by atoms with E-state index in [1.165, 1.54) is 6.92 Å². The van der Waals surface area contributed by atoms with E-state index >= 15 is 0 Å². The lowest BCUT2D eigenvalue weighted by atomic mass is 10.0. The van der Waals surface area contributed by atoms with Crippen LogP contribution in [0.1, 0.15) is 19.8 Å². The van der Waals surface area contributed by atoms with Gasteiger partial charge in [0.1, 0.15) is 5.41 Å².